The van der Waals surface area contributed by atoms with Gasteiger partial charge in [0.2, 0.25) is 0 Å². The van der Waals surface area contributed by atoms with E-state index in [1.807, 2.05) is 47.6 Å². The summed E-state index contributed by atoms with van der Waals surface area (Å²) in [6.07, 6.45) is -0.411. The molecule has 2 heterocycles. The summed E-state index contributed by atoms with van der Waals surface area (Å²) in [6.45, 7) is 11.4. The summed E-state index contributed by atoms with van der Waals surface area (Å²) >= 11 is 0. The Labute approximate surface area is 119 Å². The van der Waals surface area contributed by atoms with Crippen LogP contribution in [-0.4, -0.2) is 34.1 Å². The van der Waals surface area contributed by atoms with Crippen LogP contribution >= 0.6 is 0 Å². The highest BCUT2D eigenvalue weighted by atomic mass is 16.6. The first-order chi connectivity index (χ1) is 9.10. The van der Waals surface area contributed by atoms with Crippen LogP contribution in [0, 0.1) is 6.92 Å². The molecule has 6 heteroatoms. The molecule has 112 valence electrons. The number of amides is 1. The third kappa shape index (κ3) is 2.95. The molecule has 0 spiro atoms. The maximum Gasteiger partial charge on any atom is 0.413 e. The van der Waals surface area contributed by atoms with Gasteiger partial charge in [0.25, 0.3) is 0 Å². The van der Waals surface area contributed by atoms with Crippen LogP contribution in [0.25, 0.3) is 0 Å². The molecule has 0 unspecified atom stereocenters. The first-order valence-electron chi connectivity index (χ1n) is 6.70. The van der Waals surface area contributed by atoms with Crippen molar-refractivity contribution < 1.29 is 18.8 Å². The van der Waals surface area contributed by atoms with Gasteiger partial charge in [-0.15, -0.1) is 0 Å². The van der Waals surface area contributed by atoms with Crippen LogP contribution in [0.5, 0.6) is 0 Å². The molecule has 0 radical (unpaired) electrons. The van der Waals surface area contributed by atoms with E-state index in [1.165, 1.54) is 0 Å². The summed E-state index contributed by atoms with van der Waals surface area (Å²) in [5.74, 6) is 0.703. The van der Waals surface area contributed by atoms with Gasteiger partial charge in [-0.2, -0.15) is 0 Å². The van der Waals surface area contributed by atoms with Gasteiger partial charge < -0.3 is 14.0 Å². The quantitative estimate of drug-likeness (QED) is 0.792. The molecule has 0 aliphatic carbocycles. The van der Waals surface area contributed by atoms with Gasteiger partial charge in [-0.1, -0.05) is 5.16 Å². The smallest absolute Gasteiger partial charge is 0.413 e. The monoisotopic (exact) mass is 282 g/mol. The van der Waals surface area contributed by atoms with Gasteiger partial charge in [0.1, 0.15) is 28.8 Å². The van der Waals surface area contributed by atoms with Gasteiger partial charge in [0, 0.05) is 6.07 Å². The van der Waals surface area contributed by atoms with Gasteiger partial charge in [-0.25, -0.2) is 4.79 Å². The largest absolute Gasteiger partial charge is 0.444 e. The number of carbonyl (C=O) groups excluding carboxylic acids is 1. The zero-order valence-electron chi connectivity index (χ0n) is 12.9. The van der Waals surface area contributed by atoms with Crippen LogP contribution in [0.4, 0.5) is 4.79 Å². The minimum Gasteiger partial charge on any atom is -0.444 e. The lowest BCUT2D eigenvalue weighted by atomic mass is 10.1. The van der Waals surface area contributed by atoms with Crippen molar-refractivity contribution in [1.29, 1.82) is 0 Å². The topological polar surface area (TPSA) is 64.8 Å². The van der Waals surface area contributed by atoms with E-state index in [0.29, 0.717) is 18.1 Å². The minimum absolute atomic E-state index is 0.294. The molecule has 1 saturated heterocycles. The van der Waals surface area contributed by atoms with E-state index in [4.69, 9.17) is 14.0 Å². The number of carbonyl (C=O) groups is 1. The number of nitrogens with zero attached hydrogens (tertiary/aromatic N) is 2. The fraction of sp³-hybridized carbons (Fsp3) is 0.714. The lowest BCUT2D eigenvalue weighted by molar-refractivity contribution is -0.0628. The second-order valence-corrected chi connectivity index (χ2v) is 6.49. The normalized spacial score (nSPS) is 22.1. The fourth-order valence-electron chi connectivity index (χ4n) is 2.22. The summed E-state index contributed by atoms with van der Waals surface area (Å²) in [7, 11) is 0. The molecule has 0 N–H and O–H groups in total. The fourth-order valence-corrected chi connectivity index (χ4v) is 2.22. The molecule has 1 aromatic heterocycles. The molecule has 0 aromatic carbocycles. The zero-order chi connectivity index (χ0) is 15.1. The lowest BCUT2D eigenvalue weighted by Crippen LogP contribution is -2.47. The molecule has 0 saturated carbocycles. The summed E-state index contributed by atoms with van der Waals surface area (Å²) in [5, 5.41) is 3.99. The van der Waals surface area contributed by atoms with Crippen LogP contribution in [0.1, 0.15) is 52.1 Å². The van der Waals surface area contributed by atoms with Crippen molar-refractivity contribution in [3.8, 4) is 0 Å². The van der Waals surface area contributed by atoms with E-state index in [2.05, 4.69) is 5.16 Å². The van der Waals surface area contributed by atoms with Gasteiger partial charge in [-0.05, 0) is 41.5 Å². The molecular weight excluding hydrogens is 260 g/mol. The van der Waals surface area contributed by atoms with Crippen LogP contribution < -0.4 is 0 Å². The average Bonchev–Trinajstić information content (AvgIpc) is 2.79. The predicted molar refractivity (Wildman–Crippen MR) is 72.1 cm³/mol. The second kappa shape index (κ2) is 4.77. The van der Waals surface area contributed by atoms with E-state index >= 15 is 0 Å². The molecule has 1 fully saturated rings. The van der Waals surface area contributed by atoms with Gasteiger partial charge >= 0.3 is 6.09 Å². The SMILES string of the molecule is Cc1cc([C@@H]2COC(C)(C)N2C(=O)OC(C)(C)C)no1. The Morgan fingerprint density at radius 3 is 2.65 bits per heavy atom. The molecule has 1 aliphatic heterocycles. The van der Waals surface area contributed by atoms with E-state index < -0.39 is 17.4 Å². The van der Waals surface area contributed by atoms with Crippen molar-refractivity contribution in [3.63, 3.8) is 0 Å². The third-order valence-electron chi connectivity index (χ3n) is 3.06. The highest BCUT2D eigenvalue weighted by Gasteiger charge is 2.47. The maximum absolute atomic E-state index is 12.4. The van der Waals surface area contributed by atoms with Crippen LogP contribution in [-0.2, 0) is 9.47 Å². The number of hydrogen-bond donors (Lipinski definition) is 0. The second-order valence-electron chi connectivity index (χ2n) is 6.49. The maximum atomic E-state index is 12.4. The average molecular weight is 282 g/mol. The van der Waals surface area contributed by atoms with E-state index in [0.717, 1.165) is 0 Å². The Morgan fingerprint density at radius 2 is 2.15 bits per heavy atom. The predicted octanol–water partition coefficient (Wildman–Crippen LogP) is 3.03. The summed E-state index contributed by atoms with van der Waals surface area (Å²) in [5.41, 5.74) is -0.612. The molecule has 2 rings (SSSR count). The first kappa shape index (κ1) is 14.8. The van der Waals surface area contributed by atoms with Crippen molar-refractivity contribution in [1.82, 2.24) is 10.1 Å². The Morgan fingerprint density at radius 1 is 1.50 bits per heavy atom. The first-order valence-corrected chi connectivity index (χ1v) is 6.70. The highest BCUT2D eigenvalue weighted by Crippen LogP contribution is 2.37. The number of aryl methyl sites for hydroxylation is 1. The Hall–Kier alpha value is -1.56. The van der Waals surface area contributed by atoms with Crippen LogP contribution in [0.15, 0.2) is 10.6 Å². The molecule has 1 amide bonds. The van der Waals surface area contributed by atoms with E-state index in [1.54, 1.807) is 4.90 Å². The summed E-state index contributed by atoms with van der Waals surface area (Å²) in [4.78, 5) is 14.0. The Balaban J connectivity index is 2.27. The number of rotatable bonds is 1. The van der Waals surface area contributed by atoms with Crippen LogP contribution in [0.3, 0.4) is 0 Å². The Kier molecular flexibility index (Phi) is 3.54. The molecule has 20 heavy (non-hydrogen) atoms. The molecule has 1 aromatic rings. The number of ether oxygens (including phenoxy) is 2. The Bertz CT molecular complexity index is 502. The zero-order valence-corrected chi connectivity index (χ0v) is 12.9. The van der Waals surface area contributed by atoms with Gasteiger partial charge in [-0.3, -0.25) is 4.90 Å². The van der Waals surface area contributed by atoms with Crippen molar-refractivity contribution in [2.75, 3.05) is 6.61 Å². The van der Waals surface area contributed by atoms with Gasteiger partial charge in [0.15, 0.2) is 0 Å². The van der Waals surface area contributed by atoms with Crippen LogP contribution in [0.2, 0.25) is 0 Å². The van der Waals surface area contributed by atoms with Crippen molar-refractivity contribution in [2.24, 2.45) is 0 Å². The van der Waals surface area contributed by atoms with Gasteiger partial charge in [0.05, 0.1) is 6.61 Å². The molecule has 0 bridgehead atoms. The standard InChI is InChI=1S/C14H22N2O4/c1-9-7-10(15-20-9)11-8-18-14(5,6)16(11)12(17)19-13(2,3)4/h7,11H,8H2,1-6H3/t11-/m0/s1. The third-order valence-corrected chi connectivity index (χ3v) is 3.06. The number of hydrogen-bond acceptors (Lipinski definition) is 5. The summed E-state index contributed by atoms with van der Waals surface area (Å²) < 4.78 is 16.3. The van der Waals surface area contributed by atoms with E-state index in [-0.39, 0.29) is 6.04 Å². The van der Waals surface area contributed by atoms with Crippen molar-refractivity contribution >= 4 is 6.09 Å². The highest BCUT2D eigenvalue weighted by molar-refractivity contribution is 5.70. The summed E-state index contributed by atoms with van der Waals surface area (Å²) in [6, 6.07) is 1.52. The minimum atomic E-state index is -0.736. The molecule has 6 nitrogen and oxygen atoms in total. The van der Waals surface area contributed by atoms with Crippen molar-refractivity contribution in [2.45, 2.75) is 58.9 Å². The molecular formula is C14H22N2O4. The van der Waals surface area contributed by atoms with E-state index in [9.17, 15) is 4.79 Å². The lowest BCUT2D eigenvalue weighted by Gasteiger charge is -2.34. The van der Waals surface area contributed by atoms with Crippen molar-refractivity contribution in [3.05, 3.63) is 17.5 Å². The molecule has 1 aliphatic rings. The molecule has 1 atom stereocenters. The number of aromatic nitrogens is 1.